The SMILES string of the molecule is O=C(O)c1ccc(O)cc1.[Ac]. The summed E-state index contributed by atoms with van der Waals surface area (Å²) in [5, 5.41) is 17.1. The Morgan fingerprint density at radius 3 is 2.00 bits per heavy atom. The first-order valence-electron chi connectivity index (χ1n) is 2.72. The van der Waals surface area contributed by atoms with Gasteiger partial charge in [-0.25, -0.2) is 4.79 Å². The Labute approximate surface area is 99.6 Å². The second kappa shape index (κ2) is 4.74. The molecule has 0 amide bonds. The Morgan fingerprint density at radius 1 is 1.18 bits per heavy atom. The van der Waals surface area contributed by atoms with Gasteiger partial charge in [-0.1, -0.05) is 0 Å². The van der Waals surface area contributed by atoms with Crippen LogP contribution in [0.4, 0.5) is 0 Å². The van der Waals surface area contributed by atoms with Crippen molar-refractivity contribution in [1.29, 1.82) is 0 Å². The molecular formula is C7H6AcO3. The largest absolute Gasteiger partial charge is 0.508 e. The number of phenols is 1. The molecule has 11 heavy (non-hydrogen) atoms. The van der Waals surface area contributed by atoms with E-state index in [0.717, 1.165) is 0 Å². The zero-order valence-corrected chi connectivity index (χ0v) is 10.4. The van der Waals surface area contributed by atoms with E-state index in [2.05, 4.69) is 0 Å². The van der Waals surface area contributed by atoms with Crippen molar-refractivity contribution < 1.29 is 59.1 Å². The predicted molar refractivity (Wildman–Crippen MR) is 35.1 cm³/mol. The molecule has 1 aromatic carbocycles. The second-order valence-electron chi connectivity index (χ2n) is 1.85. The third-order valence-corrected chi connectivity index (χ3v) is 1.11. The van der Waals surface area contributed by atoms with Gasteiger partial charge in [-0.15, -0.1) is 0 Å². The Balaban J connectivity index is 0.000001000. The molecule has 1 radical (unpaired) electrons. The number of carbonyl (C=O) groups is 1. The van der Waals surface area contributed by atoms with Gasteiger partial charge in [0.15, 0.2) is 0 Å². The number of hydrogen-bond acceptors (Lipinski definition) is 2. The summed E-state index contributed by atoms with van der Waals surface area (Å²) in [4.78, 5) is 10.2. The van der Waals surface area contributed by atoms with E-state index in [9.17, 15) is 4.79 Å². The Hall–Kier alpha value is -0.0684. The smallest absolute Gasteiger partial charge is 0.335 e. The summed E-state index contributed by atoms with van der Waals surface area (Å²) < 4.78 is 0. The fourth-order valence-electron chi connectivity index (χ4n) is 0.604. The average molecular weight is 365 g/mol. The first-order chi connectivity index (χ1) is 4.70. The van der Waals surface area contributed by atoms with Gasteiger partial charge in [0, 0.05) is 44.1 Å². The Bertz CT molecular complexity index is 242. The molecule has 0 aliphatic rings. The number of hydrogen-bond donors (Lipinski definition) is 2. The summed E-state index contributed by atoms with van der Waals surface area (Å²) in [6, 6.07) is 5.36. The van der Waals surface area contributed by atoms with Crippen molar-refractivity contribution in [2.45, 2.75) is 0 Å². The molecule has 1 rings (SSSR count). The molecule has 0 spiro atoms. The van der Waals surface area contributed by atoms with Crippen LogP contribution in [0.3, 0.4) is 0 Å². The standard InChI is InChI=1S/C7H6O3.Ac/c8-6-3-1-5(2-4-6)7(9)10;/h1-4,8H,(H,9,10);. The number of rotatable bonds is 1. The molecule has 55 valence electrons. The monoisotopic (exact) mass is 365 g/mol. The number of carboxylic acid groups (broad SMARTS) is 1. The third kappa shape index (κ3) is 3.22. The van der Waals surface area contributed by atoms with E-state index in [1.165, 1.54) is 24.3 Å². The van der Waals surface area contributed by atoms with Gasteiger partial charge in [0.05, 0.1) is 5.56 Å². The van der Waals surface area contributed by atoms with Crippen LogP contribution in [0.25, 0.3) is 0 Å². The molecule has 0 saturated heterocycles. The number of carboxylic acids is 1. The van der Waals surface area contributed by atoms with Crippen LogP contribution in [0.1, 0.15) is 10.4 Å². The van der Waals surface area contributed by atoms with Crippen LogP contribution in [0, 0.1) is 44.1 Å². The fourth-order valence-corrected chi connectivity index (χ4v) is 0.604. The fraction of sp³-hybridized carbons (Fsp3) is 0. The normalized spacial score (nSPS) is 8.36. The van der Waals surface area contributed by atoms with Crippen LogP contribution in [-0.4, -0.2) is 16.2 Å². The van der Waals surface area contributed by atoms with Crippen LogP contribution in [0.5, 0.6) is 5.75 Å². The van der Waals surface area contributed by atoms with E-state index >= 15 is 0 Å². The molecule has 0 aliphatic heterocycles. The molecule has 0 bridgehead atoms. The van der Waals surface area contributed by atoms with Crippen molar-refractivity contribution in [3.63, 3.8) is 0 Å². The molecule has 0 unspecified atom stereocenters. The van der Waals surface area contributed by atoms with Gasteiger partial charge in [0.25, 0.3) is 0 Å². The third-order valence-electron chi connectivity index (χ3n) is 1.11. The zero-order chi connectivity index (χ0) is 7.56. The summed E-state index contributed by atoms with van der Waals surface area (Å²) in [5.41, 5.74) is 0.179. The van der Waals surface area contributed by atoms with Gasteiger partial charge in [-0.05, 0) is 24.3 Å². The van der Waals surface area contributed by atoms with Gasteiger partial charge in [-0.3, -0.25) is 0 Å². The van der Waals surface area contributed by atoms with Crippen LogP contribution in [-0.2, 0) is 0 Å². The minimum Gasteiger partial charge on any atom is -0.508 e. The minimum absolute atomic E-state index is 0. The van der Waals surface area contributed by atoms with Crippen LogP contribution in [0.15, 0.2) is 24.3 Å². The number of aromatic carboxylic acids is 1. The molecular weight excluding hydrogens is 359 g/mol. The van der Waals surface area contributed by atoms with E-state index in [1.54, 1.807) is 0 Å². The van der Waals surface area contributed by atoms with Gasteiger partial charge in [0.1, 0.15) is 5.75 Å². The van der Waals surface area contributed by atoms with Crippen molar-refractivity contribution in [2.24, 2.45) is 0 Å². The molecule has 3 nitrogen and oxygen atoms in total. The van der Waals surface area contributed by atoms with Crippen molar-refractivity contribution >= 4 is 5.97 Å². The molecule has 4 heteroatoms. The molecule has 0 saturated carbocycles. The first kappa shape index (κ1) is 10.9. The number of phenolic OH excluding ortho intramolecular Hbond substituents is 1. The van der Waals surface area contributed by atoms with Gasteiger partial charge < -0.3 is 10.2 Å². The van der Waals surface area contributed by atoms with Gasteiger partial charge >= 0.3 is 5.97 Å². The van der Waals surface area contributed by atoms with Crippen molar-refractivity contribution in [1.82, 2.24) is 0 Å². The summed E-state index contributed by atoms with van der Waals surface area (Å²) >= 11 is 0. The van der Waals surface area contributed by atoms with E-state index in [-0.39, 0.29) is 55.4 Å². The van der Waals surface area contributed by atoms with Crippen molar-refractivity contribution in [3.05, 3.63) is 29.8 Å². The molecule has 0 fully saturated rings. The second-order valence-corrected chi connectivity index (χ2v) is 1.85. The molecule has 0 aromatic heterocycles. The van der Waals surface area contributed by atoms with E-state index in [0.29, 0.717) is 0 Å². The number of aromatic hydroxyl groups is 1. The van der Waals surface area contributed by atoms with Crippen LogP contribution in [0.2, 0.25) is 0 Å². The first-order valence-corrected chi connectivity index (χ1v) is 2.72. The quantitative estimate of drug-likeness (QED) is 0.784. The van der Waals surface area contributed by atoms with Crippen molar-refractivity contribution in [2.75, 3.05) is 0 Å². The average Bonchev–Trinajstić information content (AvgIpc) is 1.88. The van der Waals surface area contributed by atoms with Gasteiger partial charge in [0.2, 0.25) is 0 Å². The van der Waals surface area contributed by atoms with Crippen molar-refractivity contribution in [3.8, 4) is 5.75 Å². The summed E-state index contributed by atoms with van der Waals surface area (Å²) in [6.45, 7) is 0. The maximum Gasteiger partial charge on any atom is 0.335 e. The van der Waals surface area contributed by atoms with E-state index < -0.39 is 5.97 Å². The van der Waals surface area contributed by atoms with Crippen LogP contribution >= 0.6 is 0 Å². The van der Waals surface area contributed by atoms with E-state index in [1.807, 2.05) is 0 Å². The molecule has 0 heterocycles. The molecule has 0 atom stereocenters. The zero-order valence-electron chi connectivity index (χ0n) is 5.69. The Morgan fingerprint density at radius 2 is 1.64 bits per heavy atom. The Kier molecular flexibility index (Phi) is 4.71. The number of benzene rings is 1. The molecule has 1 aromatic rings. The molecule has 2 N–H and O–H groups in total. The summed E-state index contributed by atoms with van der Waals surface area (Å²) in [6.07, 6.45) is 0. The maximum atomic E-state index is 10.2. The topological polar surface area (TPSA) is 57.5 Å². The minimum atomic E-state index is -0.986. The predicted octanol–water partition coefficient (Wildman–Crippen LogP) is 1.09. The van der Waals surface area contributed by atoms with E-state index in [4.69, 9.17) is 10.2 Å². The van der Waals surface area contributed by atoms with Crippen LogP contribution < -0.4 is 0 Å². The summed E-state index contributed by atoms with van der Waals surface area (Å²) in [7, 11) is 0. The maximum absolute atomic E-state index is 10.2. The summed E-state index contributed by atoms with van der Waals surface area (Å²) in [5.74, 6) is -0.912. The van der Waals surface area contributed by atoms with Gasteiger partial charge in [-0.2, -0.15) is 0 Å². The molecule has 0 aliphatic carbocycles.